The van der Waals surface area contributed by atoms with E-state index in [4.69, 9.17) is 5.73 Å². The third-order valence-corrected chi connectivity index (χ3v) is 4.02. The molecule has 1 aliphatic rings. The van der Waals surface area contributed by atoms with Crippen LogP contribution < -0.4 is 10.6 Å². The van der Waals surface area contributed by atoms with E-state index >= 15 is 0 Å². The molecular weight excluding hydrogens is 242 g/mol. The van der Waals surface area contributed by atoms with Gasteiger partial charge < -0.3 is 15.7 Å². The predicted molar refractivity (Wildman–Crippen MR) is 75.4 cm³/mol. The number of nitrogens with two attached hydrogens (primary N) is 1. The van der Waals surface area contributed by atoms with Crippen LogP contribution in [-0.2, 0) is 0 Å². The van der Waals surface area contributed by atoms with Crippen molar-refractivity contribution in [3.8, 4) is 0 Å². The van der Waals surface area contributed by atoms with Crippen LogP contribution >= 0.6 is 0 Å². The van der Waals surface area contributed by atoms with Gasteiger partial charge in [0.25, 0.3) is 0 Å². The van der Waals surface area contributed by atoms with Gasteiger partial charge in [-0.15, -0.1) is 0 Å². The number of nitrogens with zero attached hydrogens (tertiary/aromatic N) is 2. The van der Waals surface area contributed by atoms with E-state index in [-0.39, 0.29) is 5.56 Å². The normalized spacial score (nSPS) is 23.1. The molecule has 0 spiro atoms. The average Bonchev–Trinajstić information content (AvgIpc) is 2.38. The van der Waals surface area contributed by atoms with Crippen LogP contribution in [0.5, 0.6) is 0 Å². The van der Waals surface area contributed by atoms with Crippen molar-refractivity contribution < 1.29 is 9.90 Å². The zero-order chi connectivity index (χ0) is 14.0. The Balaban J connectivity index is 2.32. The molecule has 1 aliphatic carbocycles. The molecule has 1 fully saturated rings. The van der Waals surface area contributed by atoms with Crippen molar-refractivity contribution in [2.24, 2.45) is 5.92 Å². The summed E-state index contributed by atoms with van der Waals surface area (Å²) >= 11 is 0. The van der Waals surface area contributed by atoms with Crippen LogP contribution in [0.4, 0.5) is 11.5 Å². The minimum absolute atomic E-state index is 0.181. The van der Waals surface area contributed by atoms with Crippen molar-refractivity contribution in [2.75, 3.05) is 17.7 Å². The molecule has 0 aromatic carbocycles. The van der Waals surface area contributed by atoms with E-state index in [0.717, 1.165) is 6.42 Å². The summed E-state index contributed by atoms with van der Waals surface area (Å²) < 4.78 is 0. The molecule has 0 bridgehead atoms. The molecule has 1 heterocycles. The molecule has 1 saturated carbocycles. The second-order valence-corrected chi connectivity index (χ2v) is 5.38. The number of carboxylic acid groups (broad SMARTS) is 1. The zero-order valence-corrected chi connectivity index (χ0v) is 11.5. The Morgan fingerprint density at radius 1 is 1.47 bits per heavy atom. The van der Waals surface area contributed by atoms with E-state index in [0.29, 0.717) is 23.5 Å². The van der Waals surface area contributed by atoms with Crippen molar-refractivity contribution in [1.29, 1.82) is 0 Å². The van der Waals surface area contributed by atoms with Gasteiger partial charge >= 0.3 is 5.97 Å². The molecule has 0 saturated heterocycles. The highest BCUT2D eigenvalue weighted by Crippen LogP contribution is 2.31. The summed E-state index contributed by atoms with van der Waals surface area (Å²) in [5, 5.41) is 9.28. The third kappa shape index (κ3) is 2.80. The van der Waals surface area contributed by atoms with E-state index < -0.39 is 5.97 Å². The van der Waals surface area contributed by atoms with E-state index in [9.17, 15) is 9.90 Å². The first kappa shape index (κ1) is 13.6. The van der Waals surface area contributed by atoms with Gasteiger partial charge in [-0.1, -0.05) is 19.8 Å². The van der Waals surface area contributed by atoms with Gasteiger partial charge in [0.2, 0.25) is 0 Å². The number of hydrogen-bond acceptors (Lipinski definition) is 4. The lowest BCUT2D eigenvalue weighted by Crippen LogP contribution is -2.40. The first-order valence-electron chi connectivity index (χ1n) is 6.72. The number of aromatic carboxylic acids is 1. The zero-order valence-electron chi connectivity index (χ0n) is 11.5. The number of hydrogen-bond donors (Lipinski definition) is 2. The van der Waals surface area contributed by atoms with Gasteiger partial charge in [0.15, 0.2) is 0 Å². The van der Waals surface area contributed by atoms with Gasteiger partial charge in [0, 0.05) is 13.1 Å². The van der Waals surface area contributed by atoms with Crippen molar-refractivity contribution in [3.05, 3.63) is 17.8 Å². The summed E-state index contributed by atoms with van der Waals surface area (Å²) in [6.07, 6.45) is 6.24. The topological polar surface area (TPSA) is 79.5 Å². The SMILES string of the molecule is CC1CCCCC1N(C)c1ncc(N)cc1C(=O)O. The molecule has 0 aliphatic heterocycles. The molecule has 2 rings (SSSR count). The molecule has 3 N–H and O–H groups in total. The Labute approximate surface area is 113 Å². The van der Waals surface area contributed by atoms with Gasteiger partial charge in [-0.05, 0) is 24.8 Å². The number of pyridine rings is 1. The second-order valence-electron chi connectivity index (χ2n) is 5.38. The molecule has 1 aromatic rings. The molecule has 0 radical (unpaired) electrons. The second kappa shape index (κ2) is 5.47. The first-order valence-corrected chi connectivity index (χ1v) is 6.72. The molecule has 2 atom stereocenters. The lowest BCUT2D eigenvalue weighted by atomic mass is 9.85. The molecule has 104 valence electrons. The van der Waals surface area contributed by atoms with Crippen LogP contribution in [0.3, 0.4) is 0 Å². The maximum Gasteiger partial charge on any atom is 0.339 e. The van der Waals surface area contributed by atoms with Crippen molar-refractivity contribution in [2.45, 2.75) is 38.6 Å². The van der Waals surface area contributed by atoms with Gasteiger partial charge in [0.05, 0.1) is 11.9 Å². The highest BCUT2D eigenvalue weighted by atomic mass is 16.4. The number of aromatic nitrogens is 1. The van der Waals surface area contributed by atoms with Crippen LogP contribution in [0.1, 0.15) is 43.0 Å². The van der Waals surface area contributed by atoms with Crippen molar-refractivity contribution in [3.63, 3.8) is 0 Å². The smallest absolute Gasteiger partial charge is 0.339 e. The van der Waals surface area contributed by atoms with E-state index in [1.54, 1.807) is 0 Å². The maximum atomic E-state index is 11.3. The highest BCUT2D eigenvalue weighted by molar-refractivity contribution is 5.94. The largest absolute Gasteiger partial charge is 0.478 e. The number of rotatable bonds is 3. The van der Waals surface area contributed by atoms with Gasteiger partial charge in [-0.25, -0.2) is 9.78 Å². The standard InChI is InChI=1S/C14H21N3O2/c1-9-5-3-4-6-12(9)17(2)13-11(14(18)19)7-10(15)8-16-13/h7-9,12H,3-6,15H2,1-2H3,(H,18,19). The Morgan fingerprint density at radius 3 is 2.79 bits per heavy atom. The fourth-order valence-electron chi connectivity index (χ4n) is 2.94. The summed E-state index contributed by atoms with van der Waals surface area (Å²) in [5.41, 5.74) is 6.19. The monoisotopic (exact) mass is 263 g/mol. The quantitative estimate of drug-likeness (QED) is 0.875. The molecule has 5 heteroatoms. The Hall–Kier alpha value is -1.78. The summed E-state index contributed by atoms with van der Waals surface area (Å²) in [7, 11) is 1.93. The molecule has 0 amide bonds. The third-order valence-electron chi connectivity index (χ3n) is 4.02. The highest BCUT2D eigenvalue weighted by Gasteiger charge is 2.28. The Bertz CT molecular complexity index is 476. The Kier molecular flexibility index (Phi) is 3.93. The minimum atomic E-state index is -0.981. The lowest BCUT2D eigenvalue weighted by molar-refractivity contribution is 0.0697. The van der Waals surface area contributed by atoms with Crippen LogP contribution in [0.15, 0.2) is 12.3 Å². The Morgan fingerprint density at radius 2 is 2.16 bits per heavy atom. The number of anilines is 2. The molecule has 19 heavy (non-hydrogen) atoms. The summed E-state index contributed by atoms with van der Waals surface area (Å²) in [5.74, 6) is 0.0883. The van der Waals surface area contributed by atoms with Crippen LogP contribution in [0.2, 0.25) is 0 Å². The van der Waals surface area contributed by atoms with Crippen LogP contribution in [-0.4, -0.2) is 29.1 Å². The first-order chi connectivity index (χ1) is 9.00. The van der Waals surface area contributed by atoms with Crippen molar-refractivity contribution >= 4 is 17.5 Å². The minimum Gasteiger partial charge on any atom is -0.478 e. The van der Waals surface area contributed by atoms with E-state index in [1.807, 2.05) is 11.9 Å². The van der Waals surface area contributed by atoms with Gasteiger partial charge in [0.1, 0.15) is 11.4 Å². The molecule has 1 aromatic heterocycles. The van der Waals surface area contributed by atoms with Crippen LogP contribution in [0.25, 0.3) is 0 Å². The number of nitrogen functional groups attached to an aromatic ring is 1. The average molecular weight is 263 g/mol. The predicted octanol–water partition coefficient (Wildman–Crippen LogP) is 2.38. The molecule has 2 unspecified atom stereocenters. The number of carboxylic acids is 1. The molecule has 5 nitrogen and oxygen atoms in total. The summed E-state index contributed by atoms with van der Waals surface area (Å²) in [6.45, 7) is 2.22. The van der Waals surface area contributed by atoms with Crippen LogP contribution in [0, 0.1) is 5.92 Å². The summed E-state index contributed by atoms with van der Waals surface area (Å²) in [6, 6.07) is 1.83. The summed E-state index contributed by atoms with van der Waals surface area (Å²) in [4.78, 5) is 17.6. The van der Waals surface area contributed by atoms with Gasteiger partial charge in [-0.3, -0.25) is 0 Å². The van der Waals surface area contributed by atoms with Crippen molar-refractivity contribution in [1.82, 2.24) is 4.98 Å². The fraction of sp³-hybridized carbons (Fsp3) is 0.571. The van der Waals surface area contributed by atoms with E-state index in [2.05, 4.69) is 11.9 Å². The lowest BCUT2D eigenvalue weighted by Gasteiger charge is -2.37. The number of carbonyl (C=O) groups is 1. The fourth-order valence-corrected chi connectivity index (χ4v) is 2.94. The molecular formula is C14H21N3O2. The van der Waals surface area contributed by atoms with E-state index in [1.165, 1.54) is 31.5 Å². The maximum absolute atomic E-state index is 11.3. The van der Waals surface area contributed by atoms with Gasteiger partial charge in [-0.2, -0.15) is 0 Å².